The van der Waals surface area contributed by atoms with Crippen LogP contribution in [0.15, 0.2) is 36.4 Å². The highest BCUT2D eigenvalue weighted by Gasteiger charge is 2.28. The second-order valence-electron chi connectivity index (χ2n) is 5.94. The Bertz CT molecular complexity index is 738. The van der Waals surface area contributed by atoms with Gasteiger partial charge in [-0.1, -0.05) is 30.3 Å². The molecule has 0 bridgehead atoms. The number of ketones is 1. The van der Waals surface area contributed by atoms with E-state index in [1.54, 1.807) is 0 Å². The lowest BCUT2D eigenvalue weighted by molar-refractivity contribution is 0.0807. The molecule has 1 heterocycles. The molecular weight excluding hydrogens is 278 g/mol. The Morgan fingerprint density at radius 3 is 2.82 bits per heavy atom. The summed E-state index contributed by atoms with van der Waals surface area (Å²) in [6.07, 6.45) is 0.566. The van der Waals surface area contributed by atoms with Crippen LogP contribution >= 0.6 is 0 Å². The van der Waals surface area contributed by atoms with Gasteiger partial charge in [0, 0.05) is 24.6 Å². The molecule has 1 unspecified atom stereocenters. The number of carboxylic acid groups (broad SMARTS) is 1. The van der Waals surface area contributed by atoms with E-state index in [-0.39, 0.29) is 11.7 Å². The van der Waals surface area contributed by atoms with E-state index in [2.05, 4.69) is 0 Å². The predicted octanol–water partition coefficient (Wildman–Crippen LogP) is 3.72. The second-order valence-corrected chi connectivity index (χ2v) is 5.94. The predicted molar refractivity (Wildman–Crippen MR) is 85.3 cm³/mol. The van der Waals surface area contributed by atoms with Crippen LogP contribution in [0, 0.1) is 12.8 Å². The fraction of sp³-hybridized carbons (Fsp3) is 0.333. The van der Waals surface area contributed by atoms with E-state index in [0.717, 1.165) is 29.2 Å². The van der Waals surface area contributed by atoms with Crippen LogP contribution in [-0.2, 0) is 0 Å². The zero-order valence-electron chi connectivity index (χ0n) is 12.6. The van der Waals surface area contributed by atoms with Crippen molar-refractivity contribution in [1.82, 2.24) is 4.90 Å². The summed E-state index contributed by atoms with van der Waals surface area (Å²) in [7, 11) is 0. The maximum absolute atomic E-state index is 12.7. The Hall–Kier alpha value is -2.36. The van der Waals surface area contributed by atoms with E-state index in [1.165, 1.54) is 4.90 Å². The van der Waals surface area contributed by atoms with Gasteiger partial charge >= 0.3 is 6.09 Å². The van der Waals surface area contributed by atoms with E-state index in [4.69, 9.17) is 5.11 Å². The summed E-state index contributed by atoms with van der Waals surface area (Å²) in [5.41, 5.74) is 1.82. The quantitative estimate of drug-likeness (QED) is 0.859. The van der Waals surface area contributed by atoms with Gasteiger partial charge in [0.15, 0.2) is 5.78 Å². The van der Waals surface area contributed by atoms with Crippen LogP contribution in [-0.4, -0.2) is 35.0 Å². The second kappa shape index (κ2) is 5.79. The minimum atomic E-state index is -0.938. The number of fused-ring (bicyclic) bond motifs is 1. The fourth-order valence-corrected chi connectivity index (χ4v) is 3.18. The summed E-state index contributed by atoms with van der Waals surface area (Å²) in [4.78, 5) is 25.1. The SMILES string of the molecule is Cc1cccc2ccc(C(=O)C3CCCN(C(=O)O)C3)cc12. The van der Waals surface area contributed by atoms with Crippen molar-refractivity contribution >= 4 is 22.6 Å². The summed E-state index contributed by atoms with van der Waals surface area (Å²) in [6, 6.07) is 11.8. The topological polar surface area (TPSA) is 57.6 Å². The van der Waals surface area contributed by atoms with Crippen molar-refractivity contribution in [1.29, 1.82) is 0 Å². The van der Waals surface area contributed by atoms with Crippen molar-refractivity contribution in [3.05, 3.63) is 47.5 Å². The fourth-order valence-electron chi connectivity index (χ4n) is 3.18. The van der Waals surface area contributed by atoms with Gasteiger partial charge in [-0.05, 0) is 42.2 Å². The van der Waals surface area contributed by atoms with E-state index < -0.39 is 6.09 Å². The lowest BCUT2D eigenvalue weighted by Crippen LogP contribution is -2.41. The van der Waals surface area contributed by atoms with Gasteiger partial charge in [-0.3, -0.25) is 4.79 Å². The van der Waals surface area contributed by atoms with E-state index >= 15 is 0 Å². The molecule has 4 nitrogen and oxygen atoms in total. The molecule has 0 aliphatic carbocycles. The Kier molecular flexibility index (Phi) is 3.84. The van der Waals surface area contributed by atoms with E-state index in [1.807, 2.05) is 43.3 Å². The number of benzene rings is 2. The standard InChI is InChI=1S/C18H19NO3/c1-12-4-2-5-13-7-8-14(10-16(12)13)17(20)15-6-3-9-19(11-15)18(21)22/h2,4-5,7-8,10,15H,3,6,9,11H2,1H3,(H,21,22). The third-order valence-electron chi connectivity index (χ3n) is 4.45. The Morgan fingerprint density at radius 2 is 2.05 bits per heavy atom. The highest BCUT2D eigenvalue weighted by atomic mass is 16.4. The Balaban J connectivity index is 1.88. The number of amides is 1. The molecule has 1 aliphatic rings. The number of carbonyl (C=O) groups is 2. The summed E-state index contributed by atoms with van der Waals surface area (Å²) >= 11 is 0. The van der Waals surface area contributed by atoms with Gasteiger partial charge in [0.2, 0.25) is 0 Å². The molecule has 1 atom stereocenters. The van der Waals surface area contributed by atoms with Crippen molar-refractivity contribution in [2.45, 2.75) is 19.8 Å². The van der Waals surface area contributed by atoms with Crippen LogP contribution < -0.4 is 0 Å². The van der Waals surface area contributed by atoms with Gasteiger partial charge in [-0.2, -0.15) is 0 Å². The molecule has 1 saturated heterocycles. The maximum atomic E-state index is 12.7. The molecule has 2 aromatic carbocycles. The highest BCUT2D eigenvalue weighted by Crippen LogP contribution is 2.25. The molecule has 3 rings (SSSR count). The molecule has 0 spiro atoms. The minimum Gasteiger partial charge on any atom is -0.465 e. The van der Waals surface area contributed by atoms with Gasteiger partial charge < -0.3 is 10.0 Å². The van der Waals surface area contributed by atoms with Crippen molar-refractivity contribution in [2.24, 2.45) is 5.92 Å². The molecule has 1 amide bonds. The number of likely N-dealkylation sites (tertiary alicyclic amines) is 1. The van der Waals surface area contributed by atoms with Crippen molar-refractivity contribution in [2.75, 3.05) is 13.1 Å². The van der Waals surface area contributed by atoms with Crippen LogP contribution in [0.2, 0.25) is 0 Å². The maximum Gasteiger partial charge on any atom is 0.407 e. The third kappa shape index (κ3) is 2.69. The number of hydrogen-bond donors (Lipinski definition) is 1. The summed E-state index contributed by atoms with van der Waals surface area (Å²) < 4.78 is 0. The van der Waals surface area contributed by atoms with Gasteiger partial charge in [-0.25, -0.2) is 4.79 Å². The van der Waals surface area contributed by atoms with Gasteiger partial charge in [-0.15, -0.1) is 0 Å². The zero-order chi connectivity index (χ0) is 15.7. The smallest absolute Gasteiger partial charge is 0.407 e. The van der Waals surface area contributed by atoms with Crippen LogP contribution in [0.1, 0.15) is 28.8 Å². The molecule has 0 saturated carbocycles. The molecule has 0 aromatic heterocycles. The number of aryl methyl sites for hydroxylation is 1. The van der Waals surface area contributed by atoms with Gasteiger partial charge in [0.05, 0.1) is 0 Å². The number of piperidine rings is 1. The van der Waals surface area contributed by atoms with Crippen molar-refractivity contribution in [3.63, 3.8) is 0 Å². The molecular formula is C18H19NO3. The molecule has 4 heteroatoms. The van der Waals surface area contributed by atoms with E-state index in [0.29, 0.717) is 18.7 Å². The lowest BCUT2D eigenvalue weighted by Gasteiger charge is -2.29. The summed E-state index contributed by atoms with van der Waals surface area (Å²) in [6.45, 7) is 2.86. The number of hydrogen-bond acceptors (Lipinski definition) is 2. The first-order valence-electron chi connectivity index (χ1n) is 7.58. The molecule has 22 heavy (non-hydrogen) atoms. The lowest BCUT2D eigenvalue weighted by atomic mass is 9.89. The Labute approximate surface area is 129 Å². The molecule has 2 aromatic rings. The number of nitrogens with zero attached hydrogens (tertiary/aromatic N) is 1. The molecule has 114 valence electrons. The van der Waals surface area contributed by atoms with Crippen LogP contribution in [0.25, 0.3) is 10.8 Å². The summed E-state index contributed by atoms with van der Waals surface area (Å²) in [5, 5.41) is 11.3. The minimum absolute atomic E-state index is 0.0519. The average molecular weight is 297 g/mol. The van der Waals surface area contributed by atoms with Crippen molar-refractivity contribution in [3.8, 4) is 0 Å². The molecule has 1 aliphatic heterocycles. The molecule has 0 radical (unpaired) electrons. The first-order chi connectivity index (χ1) is 10.6. The monoisotopic (exact) mass is 297 g/mol. The van der Waals surface area contributed by atoms with Gasteiger partial charge in [0.25, 0.3) is 0 Å². The van der Waals surface area contributed by atoms with Gasteiger partial charge in [0.1, 0.15) is 0 Å². The Morgan fingerprint density at radius 1 is 1.23 bits per heavy atom. The normalized spacial score (nSPS) is 18.4. The summed E-state index contributed by atoms with van der Waals surface area (Å²) in [5.74, 6) is -0.178. The van der Waals surface area contributed by atoms with Crippen LogP contribution in [0.3, 0.4) is 0 Å². The average Bonchev–Trinajstić information content (AvgIpc) is 2.54. The number of rotatable bonds is 2. The number of Topliss-reactive ketones (excluding diaryl/α,β-unsaturated/α-hetero) is 1. The van der Waals surface area contributed by atoms with Crippen LogP contribution in [0.4, 0.5) is 4.79 Å². The van der Waals surface area contributed by atoms with Crippen LogP contribution in [0.5, 0.6) is 0 Å². The number of carbonyl (C=O) groups excluding carboxylic acids is 1. The molecule has 1 fully saturated rings. The molecule has 1 N–H and O–H groups in total. The highest BCUT2D eigenvalue weighted by molar-refractivity contribution is 6.02. The van der Waals surface area contributed by atoms with E-state index in [9.17, 15) is 9.59 Å². The first kappa shape index (κ1) is 14.6. The van der Waals surface area contributed by atoms with Crippen molar-refractivity contribution < 1.29 is 14.7 Å². The largest absolute Gasteiger partial charge is 0.465 e. The zero-order valence-corrected chi connectivity index (χ0v) is 12.6. The third-order valence-corrected chi connectivity index (χ3v) is 4.45. The first-order valence-corrected chi connectivity index (χ1v) is 7.58.